The van der Waals surface area contributed by atoms with Gasteiger partial charge < -0.3 is 10.1 Å². The molecule has 1 N–H and O–H groups in total. The molecule has 1 fully saturated rings. The number of methoxy groups -OCH3 is 1. The average molecular weight is 217 g/mol. The van der Waals surface area contributed by atoms with E-state index in [4.69, 9.17) is 4.74 Å². The van der Waals surface area contributed by atoms with Crippen molar-refractivity contribution in [1.29, 1.82) is 0 Å². The van der Waals surface area contributed by atoms with Gasteiger partial charge in [-0.15, -0.1) is 0 Å². The molecule has 2 nitrogen and oxygen atoms in total. The van der Waals surface area contributed by atoms with Crippen LogP contribution in [0.4, 0.5) is 0 Å². The summed E-state index contributed by atoms with van der Waals surface area (Å²) in [5, 5.41) is 3.46. The zero-order valence-electron chi connectivity index (χ0n) is 9.88. The molecule has 1 aliphatic carbocycles. The van der Waals surface area contributed by atoms with E-state index in [-0.39, 0.29) is 0 Å². The van der Waals surface area contributed by atoms with Gasteiger partial charge in [-0.2, -0.15) is 0 Å². The lowest BCUT2D eigenvalue weighted by atomic mass is 9.90. The molecule has 0 amide bonds. The molecule has 3 rings (SSSR count). The number of hydrogen-bond acceptors (Lipinski definition) is 2. The third kappa shape index (κ3) is 1.52. The van der Waals surface area contributed by atoms with Gasteiger partial charge in [0.25, 0.3) is 0 Å². The fraction of sp³-hybridized carbons (Fsp3) is 0.571. The van der Waals surface area contributed by atoms with Crippen molar-refractivity contribution in [3.63, 3.8) is 0 Å². The molecule has 0 radical (unpaired) electrons. The summed E-state index contributed by atoms with van der Waals surface area (Å²) in [6, 6.07) is 4.42. The van der Waals surface area contributed by atoms with Crippen molar-refractivity contribution < 1.29 is 4.74 Å². The van der Waals surface area contributed by atoms with Gasteiger partial charge in [-0.05, 0) is 49.4 Å². The molecule has 16 heavy (non-hydrogen) atoms. The summed E-state index contributed by atoms with van der Waals surface area (Å²) in [6.07, 6.45) is 5.08. The molecule has 1 aromatic carbocycles. The second-order valence-electron chi connectivity index (χ2n) is 4.86. The number of benzene rings is 1. The van der Waals surface area contributed by atoms with Gasteiger partial charge in [-0.3, -0.25) is 0 Å². The van der Waals surface area contributed by atoms with Crippen molar-refractivity contribution in [3.8, 4) is 5.75 Å². The molecule has 1 heterocycles. The van der Waals surface area contributed by atoms with Crippen LogP contribution in [0.15, 0.2) is 12.1 Å². The van der Waals surface area contributed by atoms with Gasteiger partial charge in [0.1, 0.15) is 5.75 Å². The van der Waals surface area contributed by atoms with E-state index in [1.54, 1.807) is 18.2 Å². The summed E-state index contributed by atoms with van der Waals surface area (Å²) in [6.45, 7) is 2.27. The van der Waals surface area contributed by atoms with Crippen molar-refractivity contribution in [2.75, 3.05) is 20.2 Å². The second kappa shape index (κ2) is 4.10. The Morgan fingerprint density at radius 2 is 2.25 bits per heavy atom. The van der Waals surface area contributed by atoms with Crippen molar-refractivity contribution in [2.45, 2.75) is 31.6 Å². The lowest BCUT2D eigenvalue weighted by Gasteiger charge is -2.18. The van der Waals surface area contributed by atoms with Crippen LogP contribution in [-0.4, -0.2) is 20.2 Å². The second-order valence-corrected chi connectivity index (χ2v) is 4.86. The third-order valence-corrected chi connectivity index (χ3v) is 3.98. The lowest BCUT2D eigenvalue weighted by molar-refractivity contribution is 0.405. The maximum absolute atomic E-state index is 5.56. The molecule has 2 aliphatic rings. The molecule has 0 spiro atoms. The van der Waals surface area contributed by atoms with Crippen LogP contribution in [0.3, 0.4) is 0 Å². The molecule has 86 valence electrons. The molecule has 2 heteroatoms. The molecular weight excluding hydrogens is 198 g/mol. The first-order chi connectivity index (χ1) is 7.90. The SMILES string of the molecule is COc1ccc2c(c1C1CCNC1)CCC2. The summed E-state index contributed by atoms with van der Waals surface area (Å²) in [7, 11) is 1.79. The number of rotatable bonds is 2. The van der Waals surface area contributed by atoms with Crippen LogP contribution in [0.2, 0.25) is 0 Å². The zero-order valence-corrected chi connectivity index (χ0v) is 9.88. The van der Waals surface area contributed by atoms with Gasteiger partial charge in [0.2, 0.25) is 0 Å². The minimum Gasteiger partial charge on any atom is -0.496 e. The summed E-state index contributed by atoms with van der Waals surface area (Å²) in [5.41, 5.74) is 4.65. The van der Waals surface area contributed by atoms with E-state index in [1.165, 1.54) is 31.2 Å². The Bertz CT molecular complexity index is 394. The van der Waals surface area contributed by atoms with Crippen molar-refractivity contribution in [2.24, 2.45) is 0 Å². The topological polar surface area (TPSA) is 21.3 Å². The summed E-state index contributed by atoms with van der Waals surface area (Å²) < 4.78 is 5.56. The van der Waals surface area contributed by atoms with Crippen molar-refractivity contribution in [3.05, 3.63) is 28.8 Å². The molecule has 0 saturated carbocycles. The molecule has 0 aromatic heterocycles. The van der Waals surface area contributed by atoms with Gasteiger partial charge in [-0.25, -0.2) is 0 Å². The van der Waals surface area contributed by atoms with Crippen LogP contribution >= 0.6 is 0 Å². The van der Waals surface area contributed by atoms with Crippen molar-refractivity contribution >= 4 is 0 Å². The van der Waals surface area contributed by atoms with Crippen LogP contribution in [0.1, 0.15) is 35.4 Å². The van der Waals surface area contributed by atoms with E-state index in [1.807, 2.05) is 0 Å². The average Bonchev–Trinajstić information content (AvgIpc) is 2.98. The first-order valence-corrected chi connectivity index (χ1v) is 6.29. The number of hydrogen-bond donors (Lipinski definition) is 1. The molecule has 1 atom stereocenters. The minimum atomic E-state index is 0.669. The van der Waals surface area contributed by atoms with E-state index in [0.717, 1.165) is 18.8 Å². The summed E-state index contributed by atoms with van der Waals surface area (Å²) in [5.74, 6) is 1.78. The number of ether oxygens (including phenoxy) is 1. The number of fused-ring (bicyclic) bond motifs is 1. The fourth-order valence-electron chi connectivity index (χ4n) is 3.20. The lowest BCUT2D eigenvalue weighted by Crippen LogP contribution is -2.10. The maximum Gasteiger partial charge on any atom is 0.122 e. The molecule has 1 aromatic rings. The van der Waals surface area contributed by atoms with Crippen LogP contribution in [0.25, 0.3) is 0 Å². The van der Waals surface area contributed by atoms with Gasteiger partial charge in [0, 0.05) is 18.0 Å². The highest BCUT2D eigenvalue weighted by atomic mass is 16.5. The highest BCUT2D eigenvalue weighted by molar-refractivity contribution is 5.49. The predicted octanol–water partition coefficient (Wildman–Crippen LogP) is 2.26. The smallest absolute Gasteiger partial charge is 0.122 e. The number of nitrogens with one attached hydrogen (secondary N) is 1. The highest BCUT2D eigenvalue weighted by Crippen LogP contribution is 2.38. The Morgan fingerprint density at radius 3 is 3.00 bits per heavy atom. The monoisotopic (exact) mass is 217 g/mol. The standard InChI is InChI=1S/C14H19NO/c1-16-13-6-5-10-3-2-4-12(10)14(13)11-7-8-15-9-11/h5-6,11,15H,2-4,7-9H2,1H3. The Kier molecular flexibility index (Phi) is 2.60. The zero-order chi connectivity index (χ0) is 11.0. The molecule has 1 unspecified atom stereocenters. The Hall–Kier alpha value is -1.02. The summed E-state index contributed by atoms with van der Waals surface area (Å²) >= 11 is 0. The molecule has 0 bridgehead atoms. The fourth-order valence-corrected chi connectivity index (χ4v) is 3.20. The first-order valence-electron chi connectivity index (χ1n) is 6.29. The van der Waals surface area contributed by atoms with Gasteiger partial charge in [0.05, 0.1) is 7.11 Å². The van der Waals surface area contributed by atoms with Crippen LogP contribution in [0.5, 0.6) is 5.75 Å². The summed E-state index contributed by atoms with van der Waals surface area (Å²) in [4.78, 5) is 0. The maximum atomic E-state index is 5.56. The quantitative estimate of drug-likeness (QED) is 0.820. The third-order valence-electron chi connectivity index (χ3n) is 3.98. The van der Waals surface area contributed by atoms with E-state index in [9.17, 15) is 0 Å². The normalized spacial score (nSPS) is 23.4. The van der Waals surface area contributed by atoms with Gasteiger partial charge in [0.15, 0.2) is 0 Å². The molecular formula is C14H19NO. The molecule has 1 saturated heterocycles. The predicted molar refractivity (Wildman–Crippen MR) is 65.2 cm³/mol. The highest BCUT2D eigenvalue weighted by Gasteiger charge is 2.26. The van der Waals surface area contributed by atoms with E-state index in [0.29, 0.717) is 5.92 Å². The Labute approximate surface area is 97.0 Å². The van der Waals surface area contributed by atoms with Gasteiger partial charge >= 0.3 is 0 Å². The van der Waals surface area contributed by atoms with Crippen LogP contribution in [-0.2, 0) is 12.8 Å². The first kappa shape index (κ1) is 10.2. The molecule has 1 aliphatic heterocycles. The van der Waals surface area contributed by atoms with E-state index < -0.39 is 0 Å². The van der Waals surface area contributed by atoms with E-state index in [2.05, 4.69) is 17.4 Å². The Morgan fingerprint density at radius 1 is 1.31 bits per heavy atom. The van der Waals surface area contributed by atoms with Gasteiger partial charge in [-0.1, -0.05) is 6.07 Å². The Balaban J connectivity index is 2.08. The number of aryl methyl sites for hydroxylation is 1. The van der Waals surface area contributed by atoms with E-state index >= 15 is 0 Å². The minimum absolute atomic E-state index is 0.669. The largest absolute Gasteiger partial charge is 0.496 e. The van der Waals surface area contributed by atoms with Crippen LogP contribution in [0, 0.1) is 0 Å². The van der Waals surface area contributed by atoms with Crippen LogP contribution < -0.4 is 10.1 Å². The van der Waals surface area contributed by atoms with Crippen molar-refractivity contribution in [1.82, 2.24) is 5.32 Å².